The molecule has 0 aliphatic carbocycles. The van der Waals surface area contributed by atoms with Crippen LogP contribution in [0.4, 0.5) is 24.5 Å². The third-order valence-electron chi connectivity index (χ3n) is 5.32. The molecule has 2 heterocycles. The van der Waals surface area contributed by atoms with Crippen molar-refractivity contribution < 1.29 is 32.2 Å². The molecule has 4 rings (SSSR count). The van der Waals surface area contributed by atoms with E-state index in [2.05, 4.69) is 10.1 Å². The quantitative estimate of drug-likeness (QED) is 0.715. The molecule has 0 saturated carbocycles. The second-order valence-electron chi connectivity index (χ2n) is 8.28. The lowest BCUT2D eigenvalue weighted by Gasteiger charge is -2.39. The van der Waals surface area contributed by atoms with Crippen LogP contribution in [-0.4, -0.2) is 44.7 Å². The summed E-state index contributed by atoms with van der Waals surface area (Å²) < 4.78 is 53.6. The number of anilines is 2. The number of alkyl halides is 3. The van der Waals surface area contributed by atoms with Gasteiger partial charge in [0.05, 0.1) is 25.3 Å². The average molecular weight is 436 g/mol. The number of rotatable bonds is 4. The van der Waals surface area contributed by atoms with Crippen molar-refractivity contribution in [2.45, 2.75) is 25.8 Å². The van der Waals surface area contributed by atoms with E-state index in [1.165, 1.54) is 19.2 Å². The second-order valence-corrected chi connectivity index (χ2v) is 8.28. The van der Waals surface area contributed by atoms with E-state index >= 15 is 0 Å². The summed E-state index contributed by atoms with van der Waals surface area (Å²) in [5.41, 5.74) is 2.15. The van der Waals surface area contributed by atoms with Crippen LogP contribution in [0.2, 0.25) is 0 Å². The third kappa shape index (κ3) is 4.50. The molecule has 2 aliphatic rings. The molecule has 31 heavy (non-hydrogen) atoms. The normalized spacial score (nSPS) is 17.7. The van der Waals surface area contributed by atoms with Gasteiger partial charge in [-0.2, -0.15) is 0 Å². The third-order valence-corrected chi connectivity index (χ3v) is 5.32. The van der Waals surface area contributed by atoms with Gasteiger partial charge in [-0.15, -0.1) is 13.2 Å². The molecule has 1 saturated heterocycles. The number of nitrogens with one attached hydrogen (secondary N) is 1. The molecule has 0 spiro atoms. The molecule has 1 N–H and O–H groups in total. The Balaban J connectivity index is 1.69. The minimum Gasteiger partial charge on any atom is -0.484 e. The monoisotopic (exact) mass is 436 g/mol. The number of carbonyl (C=O) groups excluding carboxylic acids is 1. The number of esters is 1. The Hall–Kier alpha value is -3.10. The van der Waals surface area contributed by atoms with Crippen molar-refractivity contribution in [1.82, 2.24) is 0 Å². The Kier molecular flexibility index (Phi) is 5.15. The molecule has 1 fully saturated rings. The lowest BCUT2D eigenvalue weighted by Crippen LogP contribution is -2.50. The summed E-state index contributed by atoms with van der Waals surface area (Å²) in [6, 6.07) is 10.0. The van der Waals surface area contributed by atoms with Crippen molar-refractivity contribution in [1.29, 1.82) is 0 Å². The molecule has 0 unspecified atom stereocenters. The standard InChI is InChI=1S/C22H23F3N2O4/c1-21(2)12-26-19-17(8-16(9-18(19)31-21)30-22(23,24)25)13-5-4-6-15(7-13)27-10-14(11-27)20(28)29-3/h4-9,14,26H,10-12H2,1-3H3. The number of hydrogen-bond acceptors (Lipinski definition) is 6. The Morgan fingerprint density at radius 2 is 1.97 bits per heavy atom. The zero-order valence-electron chi connectivity index (χ0n) is 17.4. The molecule has 6 nitrogen and oxygen atoms in total. The van der Waals surface area contributed by atoms with E-state index in [0.717, 1.165) is 5.69 Å². The van der Waals surface area contributed by atoms with Gasteiger partial charge in [0.2, 0.25) is 0 Å². The smallest absolute Gasteiger partial charge is 0.484 e. The fourth-order valence-corrected chi connectivity index (χ4v) is 3.78. The minimum absolute atomic E-state index is 0.178. The van der Waals surface area contributed by atoms with Crippen LogP contribution in [0.15, 0.2) is 36.4 Å². The summed E-state index contributed by atoms with van der Waals surface area (Å²) in [5.74, 6) is -0.473. The number of nitrogens with zero attached hydrogens (tertiary/aromatic N) is 1. The molecule has 0 radical (unpaired) electrons. The van der Waals surface area contributed by atoms with Crippen LogP contribution in [0.3, 0.4) is 0 Å². The van der Waals surface area contributed by atoms with E-state index in [1.54, 1.807) is 0 Å². The fourth-order valence-electron chi connectivity index (χ4n) is 3.78. The summed E-state index contributed by atoms with van der Waals surface area (Å²) in [6.45, 7) is 5.26. The number of hydrogen-bond donors (Lipinski definition) is 1. The van der Waals surface area contributed by atoms with Crippen molar-refractivity contribution in [3.63, 3.8) is 0 Å². The first-order valence-corrected chi connectivity index (χ1v) is 9.84. The first-order valence-electron chi connectivity index (χ1n) is 9.84. The van der Waals surface area contributed by atoms with E-state index in [-0.39, 0.29) is 17.6 Å². The van der Waals surface area contributed by atoms with E-state index in [0.29, 0.717) is 42.2 Å². The van der Waals surface area contributed by atoms with E-state index in [9.17, 15) is 18.0 Å². The molecule has 2 aromatic rings. The molecule has 166 valence electrons. The summed E-state index contributed by atoms with van der Waals surface area (Å²) in [5, 5.41) is 3.28. The molecular formula is C22H23F3N2O4. The lowest BCUT2D eigenvalue weighted by molar-refractivity contribution is -0.274. The molecule has 9 heteroatoms. The second kappa shape index (κ2) is 7.55. The summed E-state index contributed by atoms with van der Waals surface area (Å²) in [4.78, 5) is 13.7. The summed E-state index contributed by atoms with van der Waals surface area (Å²) >= 11 is 0. The maximum atomic E-state index is 12.9. The van der Waals surface area contributed by atoms with Gasteiger partial charge in [0.15, 0.2) is 0 Å². The molecule has 2 aromatic carbocycles. The van der Waals surface area contributed by atoms with E-state index in [1.807, 2.05) is 43.0 Å². The molecule has 0 bridgehead atoms. The van der Waals surface area contributed by atoms with Crippen molar-refractivity contribution >= 4 is 17.3 Å². The number of benzene rings is 2. The van der Waals surface area contributed by atoms with Gasteiger partial charge in [0, 0.05) is 30.4 Å². The van der Waals surface area contributed by atoms with Crippen LogP contribution >= 0.6 is 0 Å². The lowest BCUT2D eigenvalue weighted by atomic mass is 9.96. The van der Waals surface area contributed by atoms with Gasteiger partial charge >= 0.3 is 12.3 Å². The summed E-state index contributed by atoms with van der Waals surface area (Å²) in [6.07, 6.45) is -4.81. The van der Waals surface area contributed by atoms with Crippen LogP contribution < -0.4 is 19.7 Å². The van der Waals surface area contributed by atoms with Gasteiger partial charge in [0.1, 0.15) is 17.1 Å². The maximum Gasteiger partial charge on any atom is 0.573 e. The number of fused-ring (bicyclic) bond motifs is 1. The highest BCUT2D eigenvalue weighted by Crippen LogP contribution is 2.45. The van der Waals surface area contributed by atoms with Gasteiger partial charge in [-0.05, 0) is 37.6 Å². The van der Waals surface area contributed by atoms with Crippen LogP contribution in [0.5, 0.6) is 11.5 Å². The molecule has 0 aromatic heterocycles. The minimum atomic E-state index is -4.81. The van der Waals surface area contributed by atoms with E-state index < -0.39 is 12.0 Å². The highest BCUT2D eigenvalue weighted by molar-refractivity contribution is 5.86. The maximum absolute atomic E-state index is 12.9. The van der Waals surface area contributed by atoms with Crippen LogP contribution in [0, 0.1) is 5.92 Å². The zero-order valence-corrected chi connectivity index (χ0v) is 17.4. The number of ether oxygens (including phenoxy) is 3. The first kappa shape index (κ1) is 21.1. The van der Waals surface area contributed by atoms with Crippen molar-refractivity contribution in [2.75, 3.05) is 37.0 Å². The Morgan fingerprint density at radius 1 is 1.23 bits per heavy atom. The van der Waals surface area contributed by atoms with Gasteiger partial charge in [-0.25, -0.2) is 0 Å². The molecule has 0 amide bonds. The SMILES string of the molecule is COC(=O)C1CN(c2cccc(-c3cc(OC(F)(F)F)cc4c3NCC(C)(C)O4)c2)C1. The molecule has 2 aliphatic heterocycles. The van der Waals surface area contributed by atoms with E-state index in [4.69, 9.17) is 9.47 Å². The van der Waals surface area contributed by atoms with Gasteiger partial charge in [-0.3, -0.25) is 4.79 Å². The first-order chi connectivity index (χ1) is 14.5. The van der Waals surface area contributed by atoms with Gasteiger partial charge < -0.3 is 24.4 Å². The number of halogens is 3. The van der Waals surface area contributed by atoms with Crippen LogP contribution in [-0.2, 0) is 9.53 Å². The Labute approximate surface area is 177 Å². The number of methoxy groups -OCH3 is 1. The molecule has 0 atom stereocenters. The zero-order chi connectivity index (χ0) is 22.4. The summed E-state index contributed by atoms with van der Waals surface area (Å²) in [7, 11) is 1.36. The van der Waals surface area contributed by atoms with Crippen molar-refractivity contribution in [3.05, 3.63) is 36.4 Å². The van der Waals surface area contributed by atoms with Crippen LogP contribution in [0.1, 0.15) is 13.8 Å². The van der Waals surface area contributed by atoms with Gasteiger partial charge in [0.25, 0.3) is 0 Å². The Bertz CT molecular complexity index is 1000. The van der Waals surface area contributed by atoms with Gasteiger partial charge in [-0.1, -0.05) is 12.1 Å². The highest BCUT2D eigenvalue weighted by Gasteiger charge is 2.35. The predicted octanol–water partition coefficient (Wildman–Crippen LogP) is 4.44. The topological polar surface area (TPSA) is 60.0 Å². The largest absolute Gasteiger partial charge is 0.573 e. The van der Waals surface area contributed by atoms with Crippen molar-refractivity contribution in [2.24, 2.45) is 5.92 Å². The predicted molar refractivity (Wildman–Crippen MR) is 109 cm³/mol. The number of carbonyl (C=O) groups is 1. The average Bonchev–Trinajstić information content (AvgIpc) is 2.64. The fraction of sp³-hybridized carbons (Fsp3) is 0.409. The Morgan fingerprint density at radius 3 is 2.65 bits per heavy atom. The van der Waals surface area contributed by atoms with Crippen molar-refractivity contribution in [3.8, 4) is 22.6 Å². The molecular weight excluding hydrogens is 413 g/mol. The van der Waals surface area contributed by atoms with Crippen LogP contribution in [0.25, 0.3) is 11.1 Å². The highest BCUT2D eigenvalue weighted by atomic mass is 19.4.